The van der Waals surface area contributed by atoms with Crippen molar-refractivity contribution in [3.8, 4) is 0 Å². The number of hydrogen-bond acceptors (Lipinski definition) is 2. The summed E-state index contributed by atoms with van der Waals surface area (Å²) in [6, 6.07) is 1.51. The van der Waals surface area contributed by atoms with Crippen LogP contribution < -0.4 is 5.32 Å². The second-order valence-electron chi connectivity index (χ2n) is 3.61. The number of aromatic nitrogens is 1. The van der Waals surface area contributed by atoms with E-state index < -0.39 is 0 Å². The van der Waals surface area contributed by atoms with E-state index in [1.165, 1.54) is 12.3 Å². The Morgan fingerprint density at radius 3 is 2.73 bits per heavy atom. The average molecular weight is 231 g/mol. The first-order valence-electron chi connectivity index (χ1n) is 5.08. The summed E-state index contributed by atoms with van der Waals surface area (Å²) in [5.74, 6) is -0.247. The lowest BCUT2D eigenvalue weighted by Crippen LogP contribution is -2.29. The fourth-order valence-electron chi connectivity index (χ4n) is 1.68. The first-order valence-corrected chi connectivity index (χ1v) is 5.46. The molecule has 0 bridgehead atoms. The predicted molar refractivity (Wildman–Crippen MR) is 60.8 cm³/mol. The SMILES string of the molecule is CCC(c1ncc(Cl)cc1F)C(C)NC. The highest BCUT2D eigenvalue weighted by Crippen LogP contribution is 2.25. The molecule has 0 fully saturated rings. The lowest BCUT2D eigenvalue weighted by Gasteiger charge is -2.22. The first-order chi connectivity index (χ1) is 7.10. The van der Waals surface area contributed by atoms with Gasteiger partial charge in [0.05, 0.1) is 10.7 Å². The van der Waals surface area contributed by atoms with Gasteiger partial charge in [-0.25, -0.2) is 4.39 Å². The van der Waals surface area contributed by atoms with E-state index >= 15 is 0 Å². The average Bonchev–Trinajstić information content (AvgIpc) is 2.21. The van der Waals surface area contributed by atoms with Crippen molar-refractivity contribution in [3.05, 3.63) is 28.8 Å². The number of rotatable bonds is 4. The predicted octanol–water partition coefficient (Wildman–Crippen LogP) is 2.98. The normalized spacial score (nSPS) is 15.0. The Balaban J connectivity index is 3.01. The van der Waals surface area contributed by atoms with E-state index in [0.717, 1.165) is 6.42 Å². The van der Waals surface area contributed by atoms with Crippen LogP contribution in [0.2, 0.25) is 5.02 Å². The van der Waals surface area contributed by atoms with Gasteiger partial charge in [-0.05, 0) is 26.5 Å². The molecule has 1 aromatic heterocycles. The summed E-state index contributed by atoms with van der Waals surface area (Å²) >= 11 is 5.66. The molecule has 2 nitrogen and oxygen atoms in total. The maximum atomic E-state index is 13.6. The van der Waals surface area contributed by atoms with Crippen molar-refractivity contribution in [2.75, 3.05) is 7.05 Å². The molecule has 0 saturated heterocycles. The molecule has 0 amide bonds. The van der Waals surface area contributed by atoms with Gasteiger partial charge < -0.3 is 5.32 Å². The first kappa shape index (κ1) is 12.4. The lowest BCUT2D eigenvalue weighted by atomic mass is 9.94. The van der Waals surface area contributed by atoms with Crippen molar-refractivity contribution in [2.45, 2.75) is 32.2 Å². The molecule has 1 aromatic rings. The fourth-order valence-corrected chi connectivity index (χ4v) is 1.83. The third kappa shape index (κ3) is 2.89. The molecule has 0 radical (unpaired) electrons. The fraction of sp³-hybridized carbons (Fsp3) is 0.545. The van der Waals surface area contributed by atoms with Crippen LogP contribution in [0.1, 0.15) is 31.9 Å². The van der Waals surface area contributed by atoms with Crippen LogP contribution in [0.25, 0.3) is 0 Å². The Bertz CT molecular complexity index is 330. The van der Waals surface area contributed by atoms with Gasteiger partial charge in [-0.2, -0.15) is 0 Å². The third-order valence-electron chi connectivity index (χ3n) is 2.69. The standard InChI is InChI=1S/C11H16ClFN2/c1-4-9(7(2)14-3)11-10(13)5-8(12)6-15-11/h5-7,9,14H,4H2,1-3H3. The highest BCUT2D eigenvalue weighted by atomic mass is 35.5. The molecule has 1 rings (SSSR count). The van der Waals surface area contributed by atoms with Gasteiger partial charge in [0.25, 0.3) is 0 Å². The lowest BCUT2D eigenvalue weighted by molar-refractivity contribution is 0.451. The number of hydrogen-bond donors (Lipinski definition) is 1. The zero-order valence-electron chi connectivity index (χ0n) is 9.22. The number of halogens is 2. The molecule has 1 heterocycles. The molecular formula is C11H16ClFN2. The van der Waals surface area contributed by atoms with Crippen molar-refractivity contribution in [2.24, 2.45) is 0 Å². The summed E-state index contributed by atoms with van der Waals surface area (Å²) in [5, 5.41) is 3.45. The Kier molecular flexibility index (Phi) is 4.48. The number of likely N-dealkylation sites (N-methyl/N-ethyl adjacent to an activating group) is 1. The molecule has 0 spiro atoms. The van der Waals surface area contributed by atoms with Gasteiger partial charge in [0.2, 0.25) is 0 Å². The molecule has 0 saturated carbocycles. The van der Waals surface area contributed by atoms with Gasteiger partial charge in [0.1, 0.15) is 5.82 Å². The Morgan fingerprint density at radius 2 is 2.27 bits per heavy atom. The Hall–Kier alpha value is -0.670. The molecule has 84 valence electrons. The van der Waals surface area contributed by atoms with E-state index in [9.17, 15) is 4.39 Å². The van der Waals surface area contributed by atoms with Gasteiger partial charge in [0.15, 0.2) is 0 Å². The highest BCUT2D eigenvalue weighted by Gasteiger charge is 2.21. The van der Waals surface area contributed by atoms with E-state index in [1.807, 2.05) is 20.9 Å². The molecule has 1 N–H and O–H groups in total. The summed E-state index contributed by atoms with van der Waals surface area (Å²) < 4.78 is 13.6. The number of nitrogens with zero attached hydrogens (tertiary/aromatic N) is 1. The summed E-state index contributed by atoms with van der Waals surface area (Å²) in [4.78, 5) is 4.07. The quantitative estimate of drug-likeness (QED) is 0.860. The molecule has 2 atom stereocenters. The van der Waals surface area contributed by atoms with Gasteiger partial charge >= 0.3 is 0 Å². The largest absolute Gasteiger partial charge is 0.317 e. The molecule has 0 aliphatic rings. The Labute approximate surface area is 94.9 Å². The minimum Gasteiger partial charge on any atom is -0.317 e. The molecule has 2 unspecified atom stereocenters. The zero-order valence-corrected chi connectivity index (χ0v) is 9.98. The molecular weight excluding hydrogens is 215 g/mol. The van der Waals surface area contributed by atoms with Crippen LogP contribution in [-0.2, 0) is 0 Å². The minimum absolute atomic E-state index is 0.0762. The molecule has 4 heteroatoms. The second kappa shape index (κ2) is 5.42. The summed E-state index contributed by atoms with van der Waals surface area (Å²) in [6.07, 6.45) is 2.33. The summed E-state index contributed by atoms with van der Waals surface area (Å²) in [5.41, 5.74) is 0.490. The van der Waals surface area contributed by atoms with Crippen LogP contribution in [0.4, 0.5) is 4.39 Å². The zero-order chi connectivity index (χ0) is 11.4. The second-order valence-corrected chi connectivity index (χ2v) is 4.05. The van der Waals surface area contributed by atoms with Crippen LogP contribution in [0.3, 0.4) is 0 Å². The van der Waals surface area contributed by atoms with E-state index in [1.54, 1.807) is 0 Å². The summed E-state index contributed by atoms with van der Waals surface area (Å²) in [7, 11) is 1.86. The Morgan fingerprint density at radius 1 is 1.60 bits per heavy atom. The van der Waals surface area contributed by atoms with Crippen molar-refractivity contribution in [1.29, 1.82) is 0 Å². The van der Waals surface area contributed by atoms with Crippen LogP contribution in [0.15, 0.2) is 12.3 Å². The molecule has 0 aromatic carbocycles. The van der Waals surface area contributed by atoms with Crippen molar-refractivity contribution < 1.29 is 4.39 Å². The van der Waals surface area contributed by atoms with E-state index in [4.69, 9.17) is 11.6 Å². The van der Waals surface area contributed by atoms with Gasteiger partial charge in [-0.1, -0.05) is 18.5 Å². The van der Waals surface area contributed by atoms with Gasteiger partial charge in [0, 0.05) is 18.2 Å². The third-order valence-corrected chi connectivity index (χ3v) is 2.89. The number of nitrogens with one attached hydrogen (secondary N) is 1. The van der Waals surface area contributed by atoms with Crippen LogP contribution in [0, 0.1) is 5.82 Å². The van der Waals surface area contributed by atoms with E-state index in [-0.39, 0.29) is 17.8 Å². The smallest absolute Gasteiger partial charge is 0.146 e. The van der Waals surface area contributed by atoms with Crippen LogP contribution in [0.5, 0.6) is 0 Å². The monoisotopic (exact) mass is 230 g/mol. The highest BCUT2D eigenvalue weighted by molar-refractivity contribution is 6.30. The van der Waals surface area contributed by atoms with Crippen molar-refractivity contribution in [3.63, 3.8) is 0 Å². The maximum absolute atomic E-state index is 13.6. The van der Waals surface area contributed by atoms with Gasteiger partial charge in [-0.15, -0.1) is 0 Å². The maximum Gasteiger partial charge on any atom is 0.146 e. The minimum atomic E-state index is -0.323. The van der Waals surface area contributed by atoms with E-state index in [0.29, 0.717) is 10.7 Å². The molecule has 0 aliphatic carbocycles. The summed E-state index contributed by atoms with van der Waals surface area (Å²) in [6.45, 7) is 4.04. The van der Waals surface area contributed by atoms with E-state index in [2.05, 4.69) is 10.3 Å². The molecule has 0 aliphatic heterocycles. The van der Waals surface area contributed by atoms with Gasteiger partial charge in [-0.3, -0.25) is 4.98 Å². The van der Waals surface area contributed by atoms with Crippen LogP contribution in [-0.4, -0.2) is 18.1 Å². The number of pyridine rings is 1. The van der Waals surface area contributed by atoms with Crippen LogP contribution >= 0.6 is 11.6 Å². The topological polar surface area (TPSA) is 24.9 Å². The molecule has 15 heavy (non-hydrogen) atoms. The van der Waals surface area contributed by atoms with Crippen molar-refractivity contribution in [1.82, 2.24) is 10.3 Å². The van der Waals surface area contributed by atoms with Crippen molar-refractivity contribution >= 4 is 11.6 Å².